The van der Waals surface area contributed by atoms with Crippen LogP contribution in [0.5, 0.6) is 0 Å². The van der Waals surface area contributed by atoms with Gasteiger partial charge in [0.05, 0.1) is 12.0 Å². The summed E-state index contributed by atoms with van der Waals surface area (Å²) in [6.07, 6.45) is 1.83. The number of amides is 1. The molecule has 1 heterocycles. The number of nitrogens with two attached hydrogens (primary N) is 1. The van der Waals surface area contributed by atoms with Crippen molar-refractivity contribution in [1.82, 2.24) is 4.90 Å². The van der Waals surface area contributed by atoms with Gasteiger partial charge in [-0.25, -0.2) is 4.79 Å². The lowest BCUT2D eigenvalue weighted by molar-refractivity contribution is -0.143. The molecule has 3 atom stereocenters. The van der Waals surface area contributed by atoms with Gasteiger partial charge in [-0.1, -0.05) is 36.4 Å². The van der Waals surface area contributed by atoms with Crippen LogP contribution in [0.4, 0.5) is 4.79 Å². The molecule has 0 aromatic heterocycles. The maximum absolute atomic E-state index is 12.3. The van der Waals surface area contributed by atoms with Crippen molar-refractivity contribution in [2.75, 3.05) is 6.54 Å². The van der Waals surface area contributed by atoms with Crippen LogP contribution in [0, 0.1) is 5.92 Å². The van der Waals surface area contributed by atoms with Gasteiger partial charge in [-0.3, -0.25) is 4.79 Å². The number of hydrogen-bond acceptors (Lipinski definition) is 4. The molecule has 6 nitrogen and oxygen atoms in total. The minimum Gasteiger partial charge on any atom is -0.481 e. The lowest BCUT2D eigenvalue weighted by Crippen LogP contribution is -2.49. The predicted molar refractivity (Wildman–Crippen MR) is 92.9 cm³/mol. The number of carbonyl (C=O) groups is 2. The Morgan fingerprint density at radius 2 is 2.08 bits per heavy atom. The van der Waals surface area contributed by atoms with E-state index in [1.807, 2.05) is 30.3 Å². The van der Waals surface area contributed by atoms with E-state index in [-0.39, 0.29) is 31.5 Å². The maximum atomic E-state index is 12.3. The van der Waals surface area contributed by atoms with Crippen molar-refractivity contribution in [1.29, 1.82) is 0 Å². The molecule has 2 rings (SSSR count). The Bertz CT molecular complexity index is 567. The Labute approximate surface area is 147 Å². The molecule has 1 aromatic carbocycles. The molecule has 1 amide bonds. The largest absolute Gasteiger partial charge is 0.481 e. The number of likely N-dealkylation sites (tertiary alicyclic amines) is 1. The van der Waals surface area contributed by atoms with Gasteiger partial charge in [-0.15, -0.1) is 19.0 Å². The second-order valence-corrected chi connectivity index (χ2v) is 5.65. The summed E-state index contributed by atoms with van der Waals surface area (Å²) >= 11 is 0. The molecule has 1 aromatic rings. The number of nitrogens with zero attached hydrogens (tertiary/aromatic N) is 1. The summed E-state index contributed by atoms with van der Waals surface area (Å²) in [6, 6.07) is 8.38. The fraction of sp³-hybridized carbons (Fsp3) is 0.412. The summed E-state index contributed by atoms with van der Waals surface area (Å²) in [6.45, 7) is 4.14. The molecule has 0 aliphatic carbocycles. The molecule has 7 heteroatoms. The molecule has 0 radical (unpaired) electrons. The fourth-order valence-electron chi connectivity index (χ4n) is 2.94. The smallest absolute Gasteiger partial charge is 0.410 e. The monoisotopic (exact) mass is 354 g/mol. The van der Waals surface area contributed by atoms with Gasteiger partial charge in [0, 0.05) is 12.6 Å². The Balaban J connectivity index is 0.00000288. The van der Waals surface area contributed by atoms with E-state index in [4.69, 9.17) is 10.5 Å². The number of halogens is 1. The normalized spacial score (nSPS) is 20.8. The molecule has 1 fully saturated rings. The second kappa shape index (κ2) is 9.30. The number of carbonyl (C=O) groups excluding carboxylic acids is 1. The van der Waals surface area contributed by atoms with Crippen LogP contribution in [0.2, 0.25) is 0 Å². The zero-order valence-electron chi connectivity index (χ0n) is 13.3. The molecule has 0 spiro atoms. The number of hydrogen-bond donors (Lipinski definition) is 2. The van der Waals surface area contributed by atoms with E-state index >= 15 is 0 Å². The van der Waals surface area contributed by atoms with E-state index in [0.717, 1.165) is 5.56 Å². The van der Waals surface area contributed by atoms with E-state index in [1.54, 1.807) is 0 Å². The van der Waals surface area contributed by atoms with Crippen molar-refractivity contribution in [3.05, 3.63) is 48.6 Å². The zero-order valence-corrected chi connectivity index (χ0v) is 14.2. The first-order valence-electron chi connectivity index (χ1n) is 7.61. The minimum absolute atomic E-state index is 0. The lowest BCUT2D eigenvalue weighted by atomic mass is 9.91. The molecule has 3 N–H and O–H groups in total. The van der Waals surface area contributed by atoms with E-state index < -0.39 is 24.0 Å². The molecule has 0 saturated carbocycles. The highest BCUT2D eigenvalue weighted by Gasteiger charge is 2.43. The summed E-state index contributed by atoms with van der Waals surface area (Å²) in [5, 5.41) is 9.41. The van der Waals surface area contributed by atoms with Gasteiger partial charge in [0.15, 0.2) is 0 Å². The van der Waals surface area contributed by atoms with Gasteiger partial charge >= 0.3 is 12.1 Å². The Kier molecular flexibility index (Phi) is 7.74. The highest BCUT2D eigenvalue weighted by atomic mass is 35.5. The quantitative estimate of drug-likeness (QED) is 0.765. The third-order valence-corrected chi connectivity index (χ3v) is 4.09. The summed E-state index contributed by atoms with van der Waals surface area (Å²) in [7, 11) is 0. The number of carboxylic acid groups (broad SMARTS) is 1. The van der Waals surface area contributed by atoms with Crippen molar-refractivity contribution >= 4 is 24.5 Å². The number of ether oxygens (including phenoxy) is 1. The standard InChI is InChI=1S/C17H22N2O4.ClH/c1-2-6-13(16(20)21)15-14(18)9-10-19(15)17(22)23-11-12-7-4-3-5-8-12;/h2-5,7-8,13-15H,1,6,9-11,18H2,(H,20,21);1H/t13-,14+,15-;/m1./s1. The van der Waals surface area contributed by atoms with Crippen LogP contribution in [0.15, 0.2) is 43.0 Å². The highest BCUT2D eigenvalue weighted by molar-refractivity contribution is 5.85. The van der Waals surface area contributed by atoms with Crippen molar-refractivity contribution in [3.63, 3.8) is 0 Å². The predicted octanol–water partition coefficient (Wildman–Crippen LogP) is 2.42. The van der Waals surface area contributed by atoms with Crippen LogP contribution >= 0.6 is 12.4 Å². The van der Waals surface area contributed by atoms with Gasteiger partial charge in [0.2, 0.25) is 0 Å². The molecule has 0 unspecified atom stereocenters. The zero-order chi connectivity index (χ0) is 16.8. The SMILES string of the molecule is C=CC[C@@H](C(=O)O)[C@@H]1[C@@H](N)CCN1C(=O)OCc1ccccc1.Cl. The van der Waals surface area contributed by atoms with Crippen molar-refractivity contribution in [2.45, 2.75) is 31.5 Å². The topological polar surface area (TPSA) is 92.9 Å². The molecule has 24 heavy (non-hydrogen) atoms. The van der Waals surface area contributed by atoms with Crippen LogP contribution in [-0.2, 0) is 16.1 Å². The average Bonchev–Trinajstić information content (AvgIpc) is 2.92. The van der Waals surface area contributed by atoms with E-state index in [9.17, 15) is 14.7 Å². The van der Waals surface area contributed by atoms with Gasteiger partial charge < -0.3 is 20.5 Å². The lowest BCUT2D eigenvalue weighted by Gasteiger charge is -2.30. The molecule has 132 valence electrons. The third-order valence-electron chi connectivity index (χ3n) is 4.09. The van der Waals surface area contributed by atoms with E-state index in [2.05, 4.69) is 6.58 Å². The van der Waals surface area contributed by atoms with Crippen LogP contribution in [-0.4, -0.2) is 40.7 Å². The molecular weight excluding hydrogens is 332 g/mol. The van der Waals surface area contributed by atoms with Crippen LogP contribution < -0.4 is 5.73 Å². The number of aliphatic carboxylic acids is 1. The first kappa shape index (κ1) is 20.0. The molecule has 1 saturated heterocycles. The number of allylic oxidation sites excluding steroid dienone is 1. The number of rotatable bonds is 6. The highest BCUT2D eigenvalue weighted by Crippen LogP contribution is 2.27. The molecule has 1 aliphatic rings. The maximum Gasteiger partial charge on any atom is 0.410 e. The summed E-state index contributed by atoms with van der Waals surface area (Å²) in [5.41, 5.74) is 6.91. The van der Waals surface area contributed by atoms with Gasteiger partial charge in [-0.2, -0.15) is 0 Å². The number of benzene rings is 1. The summed E-state index contributed by atoms with van der Waals surface area (Å²) in [4.78, 5) is 25.3. The third kappa shape index (κ3) is 4.72. The fourth-order valence-corrected chi connectivity index (χ4v) is 2.94. The second-order valence-electron chi connectivity index (χ2n) is 5.65. The Hall–Kier alpha value is -2.05. The van der Waals surface area contributed by atoms with E-state index in [1.165, 1.54) is 11.0 Å². The van der Waals surface area contributed by atoms with Gasteiger partial charge in [-0.05, 0) is 18.4 Å². The minimum atomic E-state index is -0.979. The molecule has 1 aliphatic heterocycles. The molecule has 0 bridgehead atoms. The van der Waals surface area contributed by atoms with Crippen molar-refractivity contribution in [2.24, 2.45) is 11.7 Å². The summed E-state index contributed by atoms with van der Waals surface area (Å²) in [5.74, 6) is -1.75. The van der Waals surface area contributed by atoms with Crippen molar-refractivity contribution in [3.8, 4) is 0 Å². The Morgan fingerprint density at radius 3 is 2.67 bits per heavy atom. The number of carboxylic acids is 1. The van der Waals surface area contributed by atoms with E-state index in [0.29, 0.717) is 13.0 Å². The Morgan fingerprint density at radius 1 is 1.42 bits per heavy atom. The van der Waals surface area contributed by atoms with Crippen LogP contribution in [0.1, 0.15) is 18.4 Å². The average molecular weight is 355 g/mol. The van der Waals surface area contributed by atoms with Crippen LogP contribution in [0.3, 0.4) is 0 Å². The summed E-state index contributed by atoms with van der Waals surface area (Å²) < 4.78 is 5.31. The van der Waals surface area contributed by atoms with Crippen molar-refractivity contribution < 1.29 is 19.4 Å². The first-order valence-corrected chi connectivity index (χ1v) is 7.61. The van der Waals surface area contributed by atoms with Gasteiger partial charge in [0.25, 0.3) is 0 Å². The first-order chi connectivity index (χ1) is 11.0. The van der Waals surface area contributed by atoms with Crippen LogP contribution in [0.25, 0.3) is 0 Å². The molecular formula is C17H23ClN2O4. The van der Waals surface area contributed by atoms with Gasteiger partial charge in [0.1, 0.15) is 6.61 Å².